The Morgan fingerprint density at radius 3 is 2.46 bits per heavy atom. The SMILES string of the molecule is Cc1cccc(S(=O)(=O)N2CCN(c3nc4ccccc4cc3C#N)CC2)c1. The number of aromatic nitrogens is 1. The van der Waals surface area contributed by atoms with Crippen LogP contribution in [0.3, 0.4) is 0 Å². The molecule has 0 N–H and O–H groups in total. The average Bonchev–Trinajstić information content (AvgIpc) is 2.73. The number of hydrogen-bond acceptors (Lipinski definition) is 5. The van der Waals surface area contributed by atoms with E-state index in [0.29, 0.717) is 42.5 Å². The molecular formula is C21H20N4O2S. The van der Waals surface area contributed by atoms with Crippen molar-refractivity contribution in [2.24, 2.45) is 0 Å². The zero-order valence-corrected chi connectivity index (χ0v) is 16.4. The number of nitriles is 1. The first-order chi connectivity index (χ1) is 13.5. The number of para-hydroxylation sites is 1. The molecule has 1 aliphatic heterocycles. The van der Waals surface area contributed by atoms with Crippen molar-refractivity contribution in [2.75, 3.05) is 31.1 Å². The van der Waals surface area contributed by atoms with E-state index in [-0.39, 0.29) is 0 Å². The molecule has 1 aromatic heterocycles. The molecule has 0 aliphatic carbocycles. The minimum atomic E-state index is -3.52. The molecule has 0 amide bonds. The number of aryl methyl sites for hydroxylation is 1. The van der Waals surface area contributed by atoms with E-state index in [4.69, 9.17) is 0 Å². The van der Waals surface area contributed by atoms with Gasteiger partial charge in [0.15, 0.2) is 0 Å². The van der Waals surface area contributed by atoms with Crippen LogP contribution >= 0.6 is 0 Å². The predicted molar refractivity (Wildman–Crippen MR) is 109 cm³/mol. The lowest BCUT2D eigenvalue weighted by Gasteiger charge is -2.35. The summed E-state index contributed by atoms with van der Waals surface area (Å²) in [5, 5.41) is 10.5. The first kappa shape index (κ1) is 18.4. The fourth-order valence-electron chi connectivity index (χ4n) is 3.49. The van der Waals surface area contributed by atoms with Crippen molar-refractivity contribution in [3.8, 4) is 6.07 Å². The maximum Gasteiger partial charge on any atom is 0.243 e. The highest BCUT2D eigenvalue weighted by atomic mass is 32.2. The summed E-state index contributed by atoms with van der Waals surface area (Å²) in [5.41, 5.74) is 2.25. The van der Waals surface area contributed by atoms with Crippen molar-refractivity contribution in [1.29, 1.82) is 5.26 Å². The molecule has 0 saturated carbocycles. The first-order valence-corrected chi connectivity index (χ1v) is 10.5. The summed E-state index contributed by atoms with van der Waals surface area (Å²) in [6.45, 7) is 3.58. The highest BCUT2D eigenvalue weighted by molar-refractivity contribution is 7.89. The molecule has 1 saturated heterocycles. The number of nitrogens with zero attached hydrogens (tertiary/aromatic N) is 4. The molecule has 7 heteroatoms. The van der Waals surface area contributed by atoms with Crippen LogP contribution in [0.4, 0.5) is 5.82 Å². The zero-order valence-electron chi connectivity index (χ0n) is 15.5. The van der Waals surface area contributed by atoms with Crippen molar-refractivity contribution < 1.29 is 8.42 Å². The molecule has 4 rings (SSSR count). The molecule has 0 bridgehead atoms. The Morgan fingerprint density at radius 1 is 1.00 bits per heavy atom. The van der Waals surface area contributed by atoms with Crippen LogP contribution in [-0.2, 0) is 10.0 Å². The number of benzene rings is 2. The fourth-order valence-corrected chi connectivity index (χ4v) is 5.02. The third-order valence-electron chi connectivity index (χ3n) is 4.99. The molecule has 6 nitrogen and oxygen atoms in total. The van der Waals surface area contributed by atoms with Crippen LogP contribution in [0.25, 0.3) is 10.9 Å². The van der Waals surface area contributed by atoms with Crippen LogP contribution in [0.2, 0.25) is 0 Å². The van der Waals surface area contributed by atoms with Gasteiger partial charge >= 0.3 is 0 Å². The van der Waals surface area contributed by atoms with Crippen LogP contribution in [0.5, 0.6) is 0 Å². The number of hydrogen-bond donors (Lipinski definition) is 0. The minimum absolute atomic E-state index is 0.322. The summed E-state index contributed by atoms with van der Waals surface area (Å²) in [7, 11) is -3.52. The molecule has 1 aliphatic rings. The van der Waals surface area contributed by atoms with Crippen LogP contribution in [0.1, 0.15) is 11.1 Å². The number of rotatable bonds is 3. The number of anilines is 1. The Morgan fingerprint density at radius 2 is 1.75 bits per heavy atom. The third kappa shape index (κ3) is 3.33. The van der Waals surface area contributed by atoms with Gasteiger partial charge in [-0.2, -0.15) is 9.57 Å². The standard InChI is InChI=1S/C21H20N4O2S/c1-16-5-4-7-19(13-16)28(26,27)25-11-9-24(10-12-25)21-18(15-22)14-17-6-2-3-8-20(17)23-21/h2-8,13-14H,9-12H2,1H3. The van der Waals surface area contributed by atoms with Crippen LogP contribution in [0, 0.1) is 18.3 Å². The summed E-state index contributed by atoms with van der Waals surface area (Å²) < 4.78 is 27.3. The van der Waals surface area contributed by atoms with Crippen LogP contribution in [0.15, 0.2) is 59.5 Å². The summed E-state index contributed by atoms with van der Waals surface area (Å²) in [6, 6.07) is 18.7. The maximum absolute atomic E-state index is 12.9. The topological polar surface area (TPSA) is 77.3 Å². The van der Waals surface area contributed by atoms with Gasteiger partial charge in [-0.3, -0.25) is 0 Å². The van der Waals surface area contributed by atoms with Gasteiger partial charge in [-0.25, -0.2) is 13.4 Å². The van der Waals surface area contributed by atoms with Crippen molar-refractivity contribution >= 4 is 26.7 Å². The summed E-state index contributed by atoms with van der Waals surface area (Å²) in [5.74, 6) is 0.619. The Kier molecular flexibility index (Phi) is 4.75. The molecule has 3 aromatic rings. The van der Waals surface area contributed by atoms with E-state index >= 15 is 0 Å². The van der Waals surface area contributed by atoms with Crippen molar-refractivity contribution in [3.63, 3.8) is 0 Å². The number of sulfonamides is 1. The van der Waals surface area contributed by atoms with Gasteiger partial charge in [0.05, 0.1) is 16.0 Å². The number of fused-ring (bicyclic) bond motifs is 1. The van der Waals surface area contributed by atoms with E-state index in [1.165, 1.54) is 4.31 Å². The second kappa shape index (κ2) is 7.23. The lowest BCUT2D eigenvalue weighted by Crippen LogP contribution is -2.49. The summed E-state index contributed by atoms with van der Waals surface area (Å²) in [6.07, 6.45) is 0. The maximum atomic E-state index is 12.9. The Hall–Kier alpha value is -2.95. The van der Waals surface area contributed by atoms with Gasteiger partial charge in [0.25, 0.3) is 0 Å². The second-order valence-corrected chi connectivity index (χ2v) is 8.81. The number of pyridine rings is 1. The average molecular weight is 392 g/mol. The normalized spacial score (nSPS) is 15.5. The lowest BCUT2D eigenvalue weighted by atomic mass is 10.1. The third-order valence-corrected chi connectivity index (χ3v) is 6.88. The van der Waals surface area contributed by atoms with Crippen molar-refractivity contribution in [2.45, 2.75) is 11.8 Å². The molecule has 28 heavy (non-hydrogen) atoms. The Labute approximate surface area is 164 Å². The molecule has 0 unspecified atom stereocenters. The summed E-state index contributed by atoms with van der Waals surface area (Å²) >= 11 is 0. The monoisotopic (exact) mass is 392 g/mol. The van der Waals surface area contributed by atoms with Gasteiger partial charge < -0.3 is 4.90 Å². The molecule has 1 fully saturated rings. The second-order valence-electron chi connectivity index (χ2n) is 6.87. The molecule has 2 heterocycles. The van der Waals surface area contributed by atoms with Gasteiger partial charge in [-0.1, -0.05) is 30.3 Å². The van der Waals surface area contributed by atoms with E-state index in [0.717, 1.165) is 16.5 Å². The van der Waals surface area contributed by atoms with Gasteiger partial charge in [0.2, 0.25) is 10.0 Å². The highest BCUT2D eigenvalue weighted by Gasteiger charge is 2.29. The number of piperazine rings is 1. The minimum Gasteiger partial charge on any atom is -0.353 e. The largest absolute Gasteiger partial charge is 0.353 e. The first-order valence-electron chi connectivity index (χ1n) is 9.11. The fraction of sp³-hybridized carbons (Fsp3) is 0.238. The van der Waals surface area contributed by atoms with Crippen LogP contribution < -0.4 is 4.90 Å². The Bertz CT molecular complexity index is 1180. The van der Waals surface area contributed by atoms with E-state index < -0.39 is 10.0 Å². The quantitative estimate of drug-likeness (QED) is 0.685. The van der Waals surface area contributed by atoms with E-state index in [1.807, 2.05) is 48.2 Å². The molecule has 142 valence electrons. The molecular weight excluding hydrogens is 372 g/mol. The molecule has 0 atom stereocenters. The van der Waals surface area contributed by atoms with Gasteiger partial charge in [0.1, 0.15) is 11.9 Å². The Balaban J connectivity index is 1.58. The molecule has 2 aromatic carbocycles. The van der Waals surface area contributed by atoms with Crippen LogP contribution in [-0.4, -0.2) is 43.9 Å². The van der Waals surface area contributed by atoms with E-state index in [2.05, 4.69) is 11.1 Å². The molecule has 0 spiro atoms. The zero-order chi connectivity index (χ0) is 19.7. The highest BCUT2D eigenvalue weighted by Crippen LogP contribution is 2.25. The van der Waals surface area contributed by atoms with E-state index in [9.17, 15) is 13.7 Å². The predicted octanol–water partition coefficient (Wildman–Crippen LogP) is 2.93. The molecule has 0 radical (unpaired) electrons. The van der Waals surface area contributed by atoms with Crippen molar-refractivity contribution in [3.05, 3.63) is 65.7 Å². The van der Waals surface area contributed by atoms with Gasteiger partial charge in [0, 0.05) is 31.6 Å². The lowest BCUT2D eigenvalue weighted by molar-refractivity contribution is 0.384. The van der Waals surface area contributed by atoms with Gasteiger partial charge in [-0.15, -0.1) is 0 Å². The summed E-state index contributed by atoms with van der Waals surface area (Å²) in [4.78, 5) is 6.98. The van der Waals surface area contributed by atoms with E-state index in [1.54, 1.807) is 18.2 Å². The van der Waals surface area contributed by atoms with Gasteiger partial charge in [-0.05, 0) is 36.8 Å². The smallest absolute Gasteiger partial charge is 0.243 e. The van der Waals surface area contributed by atoms with Crippen molar-refractivity contribution in [1.82, 2.24) is 9.29 Å².